The molecule has 0 atom stereocenters. The van der Waals surface area contributed by atoms with Crippen molar-refractivity contribution in [1.29, 1.82) is 0 Å². The molecular weight excluding hydrogens is 296 g/mol. The number of anilines is 2. The van der Waals surface area contributed by atoms with Crippen LogP contribution in [0, 0.1) is 13.8 Å². The highest BCUT2D eigenvalue weighted by molar-refractivity contribution is 5.89. The molecule has 0 spiro atoms. The van der Waals surface area contributed by atoms with E-state index in [1.165, 1.54) is 6.33 Å². The Morgan fingerprint density at radius 3 is 2.83 bits per heavy atom. The van der Waals surface area contributed by atoms with Crippen molar-refractivity contribution in [1.82, 2.24) is 15.1 Å². The average Bonchev–Trinajstić information content (AvgIpc) is 2.93. The van der Waals surface area contributed by atoms with Crippen LogP contribution in [0.3, 0.4) is 0 Å². The number of nitrogens with one attached hydrogen (secondary N) is 1. The summed E-state index contributed by atoms with van der Waals surface area (Å²) in [5.41, 5.74) is 3.20. The Hall–Kier alpha value is -2.67. The molecule has 2 heterocycles. The standard InChI is InChI=1S/C16H18N4O3/c1-10-8-12(22-7-6-21-3)4-5-13(10)19-15-14-11(2)20-23-16(14)18-9-17-15/h4-5,8-9H,6-7H2,1-3H3,(H,17,18,19). The predicted octanol–water partition coefficient (Wildman–Crippen LogP) is 3.00. The molecule has 3 rings (SSSR count). The molecular formula is C16H18N4O3. The van der Waals surface area contributed by atoms with Crippen LogP contribution < -0.4 is 10.1 Å². The summed E-state index contributed by atoms with van der Waals surface area (Å²) in [6.07, 6.45) is 1.45. The molecule has 120 valence electrons. The van der Waals surface area contributed by atoms with Gasteiger partial charge in [0.25, 0.3) is 5.71 Å². The molecule has 0 aliphatic heterocycles. The summed E-state index contributed by atoms with van der Waals surface area (Å²) in [5, 5.41) is 8.02. The smallest absolute Gasteiger partial charge is 0.263 e. The highest BCUT2D eigenvalue weighted by atomic mass is 16.5. The average molecular weight is 314 g/mol. The third-order valence-electron chi connectivity index (χ3n) is 3.45. The lowest BCUT2D eigenvalue weighted by molar-refractivity contribution is 0.146. The Morgan fingerprint density at radius 1 is 1.17 bits per heavy atom. The zero-order valence-electron chi connectivity index (χ0n) is 13.3. The highest BCUT2D eigenvalue weighted by Crippen LogP contribution is 2.28. The second-order valence-electron chi connectivity index (χ2n) is 5.11. The summed E-state index contributed by atoms with van der Waals surface area (Å²) in [6.45, 7) is 4.95. The molecule has 0 saturated heterocycles. The molecule has 0 aliphatic carbocycles. The third-order valence-corrected chi connectivity index (χ3v) is 3.45. The van der Waals surface area contributed by atoms with E-state index in [2.05, 4.69) is 20.4 Å². The van der Waals surface area contributed by atoms with Crippen LogP contribution >= 0.6 is 0 Å². The van der Waals surface area contributed by atoms with E-state index in [4.69, 9.17) is 14.0 Å². The second-order valence-corrected chi connectivity index (χ2v) is 5.11. The van der Waals surface area contributed by atoms with Crippen molar-refractivity contribution in [2.75, 3.05) is 25.6 Å². The first-order chi connectivity index (χ1) is 11.2. The van der Waals surface area contributed by atoms with Crippen LogP contribution in [0.1, 0.15) is 11.3 Å². The van der Waals surface area contributed by atoms with Crippen LogP contribution in [0.4, 0.5) is 11.5 Å². The molecule has 3 aromatic rings. The second kappa shape index (κ2) is 6.62. The van der Waals surface area contributed by atoms with Gasteiger partial charge in [-0.3, -0.25) is 0 Å². The van der Waals surface area contributed by atoms with Gasteiger partial charge in [0.2, 0.25) is 0 Å². The number of nitrogens with zero attached hydrogens (tertiary/aromatic N) is 3. The minimum Gasteiger partial charge on any atom is -0.491 e. The number of rotatable bonds is 6. The summed E-state index contributed by atoms with van der Waals surface area (Å²) in [5.74, 6) is 1.48. The summed E-state index contributed by atoms with van der Waals surface area (Å²) in [4.78, 5) is 8.36. The molecule has 0 fully saturated rings. The monoisotopic (exact) mass is 314 g/mol. The van der Waals surface area contributed by atoms with E-state index in [1.807, 2.05) is 32.0 Å². The number of fused-ring (bicyclic) bond motifs is 1. The van der Waals surface area contributed by atoms with Crippen LogP contribution in [0.15, 0.2) is 29.0 Å². The van der Waals surface area contributed by atoms with Gasteiger partial charge in [0, 0.05) is 12.8 Å². The molecule has 0 unspecified atom stereocenters. The van der Waals surface area contributed by atoms with Gasteiger partial charge in [-0.05, 0) is 37.6 Å². The predicted molar refractivity (Wildman–Crippen MR) is 86.2 cm³/mol. The molecule has 0 amide bonds. The Bertz CT molecular complexity index is 816. The Balaban J connectivity index is 1.83. The summed E-state index contributed by atoms with van der Waals surface area (Å²) in [6, 6.07) is 5.83. The molecule has 0 aliphatic rings. The van der Waals surface area contributed by atoms with Crippen molar-refractivity contribution < 1.29 is 14.0 Å². The van der Waals surface area contributed by atoms with Crippen LogP contribution in [-0.2, 0) is 4.74 Å². The quantitative estimate of drug-likeness (QED) is 0.700. The lowest BCUT2D eigenvalue weighted by Gasteiger charge is -2.12. The third kappa shape index (κ3) is 3.24. The van der Waals surface area contributed by atoms with Crippen molar-refractivity contribution in [2.24, 2.45) is 0 Å². The maximum Gasteiger partial charge on any atom is 0.263 e. The molecule has 0 bridgehead atoms. The number of hydrogen-bond acceptors (Lipinski definition) is 7. The molecule has 1 aromatic carbocycles. The van der Waals surface area contributed by atoms with Gasteiger partial charge in [-0.1, -0.05) is 5.16 Å². The van der Waals surface area contributed by atoms with E-state index < -0.39 is 0 Å². The van der Waals surface area contributed by atoms with Crippen molar-refractivity contribution >= 4 is 22.6 Å². The maximum atomic E-state index is 5.61. The first kappa shape index (κ1) is 15.2. The van der Waals surface area contributed by atoms with Crippen molar-refractivity contribution in [3.8, 4) is 5.75 Å². The van der Waals surface area contributed by atoms with Crippen molar-refractivity contribution in [3.05, 3.63) is 35.8 Å². The molecule has 1 N–H and O–H groups in total. The zero-order chi connectivity index (χ0) is 16.2. The van der Waals surface area contributed by atoms with Crippen LogP contribution in [-0.4, -0.2) is 35.4 Å². The van der Waals surface area contributed by atoms with E-state index in [-0.39, 0.29) is 0 Å². The van der Waals surface area contributed by atoms with Gasteiger partial charge in [-0.2, -0.15) is 4.98 Å². The summed E-state index contributed by atoms with van der Waals surface area (Å²) in [7, 11) is 1.65. The summed E-state index contributed by atoms with van der Waals surface area (Å²) >= 11 is 0. The molecule has 0 radical (unpaired) electrons. The van der Waals surface area contributed by atoms with Crippen LogP contribution in [0.25, 0.3) is 11.1 Å². The number of ether oxygens (including phenoxy) is 2. The van der Waals surface area contributed by atoms with Gasteiger partial charge in [-0.15, -0.1) is 0 Å². The van der Waals surface area contributed by atoms with Crippen molar-refractivity contribution in [2.45, 2.75) is 13.8 Å². The number of benzene rings is 1. The highest BCUT2D eigenvalue weighted by Gasteiger charge is 2.13. The van der Waals surface area contributed by atoms with Gasteiger partial charge in [0.05, 0.1) is 12.3 Å². The van der Waals surface area contributed by atoms with E-state index in [9.17, 15) is 0 Å². The Kier molecular flexibility index (Phi) is 4.38. The van der Waals surface area contributed by atoms with Gasteiger partial charge in [0.1, 0.15) is 29.9 Å². The van der Waals surface area contributed by atoms with Crippen molar-refractivity contribution in [3.63, 3.8) is 0 Å². The van der Waals surface area contributed by atoms with Crippen LogP contribution in [0.2, 0.25) is 0 Å². The van der Waals surface area contributed by atoms with E-state index in [0.29, 0.717) is 24.7 Å². The largest absolute Gasteiger partial charge is 0.491 e. The number of hydrogen-bond donors (Lipinski definition) is 1. The van der Waals surface area contributed by atoms with E-state index >= 15 is 0 Å². The number of methoxy groups -OCH3 is 1. The van der Waals surface area contributed by atoms with Gasteiger partial charge in [0.15, 0.2) is 0 Å². The minimum atomic E-state index is 0.470. The molecule has 23 heavy (non-hydrogen) atoms. The lowest BCUT2D eigenvalue weighted by Crippen LogP contribution is -2.04. The van der Waals surface area contributed by atoms with Gasteiger partial charge < -0.3 is 19.3 Å². The first-order valence-electron chi connectivity index (χ1n) is 7.25. The van der Waals surface area contributed by atoms with E-state index in [1.54, 1.807) is 7.11 Å². The normalized spacial score (nSPS) is 10.9. The minimum absolute atomic E-state index is 0.470. The molecule has 0 saturated carbocycles. The van der Waals surface area contributed by atoms with Gasteiger partial charge in [-0.25, -0.2) is 4.98 Å². The fourth-order valence-corrected chi connectivity index (χ4v) is 2.25. The molecule has 7 nitrogen and oxygen atoms in total. The Morgan fingerprint density at radius 2 is 2.04 bits per heavy atom. The fraction of sp³-hybridized carbons (Fsp3) is 0.312. The van der Waals surface area contributed by atoms with E-state index in [0.717, 1.165) is 28.1 Å². The fourth-order valence-electron chi connectivity index (χ4n) is 2.25. The van der Waals surface area contributed by atoms with Gasteiger partial charge >= 0.3 is 0 Å². The topological polar surface area (TPSA) is 82.3 Å². The summed E-state index contributed by atoms with van der Waals surface area (Å²) < 4.78 is 15.7. The maximum absolute atomic E-state index is 5.61. The molecule has 7 heteroatoms. The lowest BCUT2D eigenvalue weighted by atomic mass is 10.2. The first-order valence-corrected chi connectivity index (χ1v) is 7.25. The zero-order valence-corrected chi connectivity index (χ0v) is 13.3. The Labute approximate surface area is 133 Å². The number of aryl methyl sites for hydroxylation is 2. The van der Waals surface area contributed by atoms with Crippen LogP contribution in [0.5, 0.6) is 5.75 Å². The SMILES string of the molecule is COCCOc1ccc(Nc2ncnc3onc(C)c23)c(C)c1. The molecule has 2 aromatic heterocycles. The number of aromatic nitrogens is 3.